The minimum atomic E-state index is 0.247. The first-order valence-electron chi connectivity index (χ1n) is 14.0. The Kier molecular flexibility index (Phi) is 7.01. The number of piperidine rings is 1. The smallest absolute Gasteiger partial charge is 0.0666 e. The van der Waals surface area contributed by atoms with Crippen LogP contribution in [0.2, 0.25) is 0 Å². The molecule has 5 unspecified atom stereocenters. The molecular weight excluding hydrogens is 438 g/mol. The molecule has 1 aromatic rings. The molecule has 190 valence electrons. The average Bonchev–Trinajstić information content (AvgIpc) is 3.39. The van der Waals surface area contributed by atoms with Gasteiger partial charge in [-0.25, -0.2) is 0 Å². The van der Waals surface area contributed by atoms with Crippen LogP contribution in [0.3, 0.4) is 0 Å². The van der Waals surface area contributed by atoms with E-state index in [4.69, 9.17) is 5.73 Å². The summed E-state index contributed by atoms with van der Waals surface area (Å²) in [6, 6.07) is 12.9. The number of nitrogens with one attached hydrogen (secondary N) is 1. The third kappa shape index (κ3) is 4.39. The lowest BCUT2D eigenvalue weighted by Gasteiger charge is -2.54. The van der Waals surface area contributed by atoms with E-state index in [0.29, 0.717) is 30.1 Å². The first-order chi connectivity index (χ1) is 17.4. The van der Waals surface area contributed by atoms with Crippen molar-refractivity contribution in [3.63, 3.8) is 0 Å². The van der Waals surface area contributed by atoms with Crippen molar-refractivity contribution < 1.29 is 0 Å². The SMILES string of the molecule is C=C(/C=C/c1ccccc1)CC1C2=C(N)CCC2C2(C)CC1(C1CCNCC1)CC2CC(=C)CC#N. The third-order valence-corrected chi connectivity index (χ3v) is 10.4. The van der Waals surface area contributed by atoms with E-state index in [1.54, 1.807) is 5.57 Å². The van der Waals surface area contributed by atoms with Crippen LogP contribution in [0.25, 0.3) is 6.08 Å². The van der Waals surface area contributed by atoms with Crippen LogP contribution in [-0.2, 0) is 0 Å². The Morgan fingerprint density at radius 1 is 1.17 bits per heavy atom. The van der Waals surface area contributed by atoms with Gasteiger partial charge in [-0.3, -0.25) is 0 Å². The van der Waals surface area contributed by atoms with E-state index in [1.165, 1.54) is 48.9 Å². The van der Waals surface area contributed by atoms with Crippen molar-refractivity contribution >= 4 is 6.08 Å². The van der Waals surface area contributed by atoms with Gasteiger partial charge in [-0.15, -0.1) is 0 Å². The molecule has 3 N–H and O–H groups in total. The normalized spacial score (nSPS) is 34.1. The molecular formula is C33H43N3. The Morgan fingerprint density at radius 3 is 2.64 bits per heavy atom. The first kappa shape index (κ1) is 25.1. The van der Waals surface area contributed by atoms with Gasteiger partial charge in [-0.2, -0.15) is 5.26 Å². The van der Waals surface area contributed by atoms with E-state index in [0.717, 1.165) is 37.9 Å². The van der Waals surface area contributed by atoms with Gasteiger partial charge in [0.15, 0.2) is 0 Å². The fourth-order valence-corrected chi connectivity index (χ4v) is 8.83. The quantitative estimate of drug-likeness (QED) is 0.306. The summed E-state index contributed by atoms with van der Waals surface area (Å²) in [5.41, 5.74) is 13.7. The number of fused-ring (bicyclic) bond motifs is 4. The monoisotopic (exact) mass is 481 g/mol. The Balaban J connectivity index is 1.51. The molecule has 3 aliphatic carbocycles. The first-order valence-corrected chi connectivity index (χ1v) is 14.0. The Labute approximate surface area is 218 Å². The Bertz CT molecular complexity index is 1100. The highest BCUT2D eigenvalue weighted by molar-refractivity contribution is 5.52. The van der Waals surface area contributed by atoms with Crippen molar-refractivity contribution in [3.8, 4) is 6.07 Å². The average molecular weight is 482 g/mol. The molecule has 5 rings (SSSR count). The zero-order valence-electron chi connectivity index (χ0n) is 22.1. The third-order valence-electron chi connectivity index (χ3n) is 10.4. The number of nitriles is 1. The molecule has 0 spiro atoms. The predicted octanol–water partition coefficient (Wildman–Crippen LogP) is 7.16. The van der Waals surface area contributed by atoms with Gasteiger partial charge < -0.3 is 11.1 Å². The lowest BCUT2D eigenvalue weighted by atomic mass is 9.51. The molecule has 3 fully saturated rings. The second-order valence-corrected chi connectivity index (χ2v) is 12.4. The van der Waals surface area contributed by atoms with E-state index < -0.39 is 0 Å². The van der Waals surface area contributed by atoms with Crippen LogP contribution in [0.15, 0.2) is 72.0 Å². The second kappa shape index (κ2) is 10.1. The van der Waals surface area contributed by atoms with Crippen LogP contribution < -0.4 is 11.1 Å². The topological polar surface area (TPSA) is 61.8 Å². The molecule has 5 atom stereocenters. The zero-order valence-corrected chi connectivity index (χ0v) is 22.1. The molecule has 0 radical (unpaired) electrons. The highest BCUT2D eigenvalue weighted by Crippen LogP contribution is 2.74. The molecule has 1 aromatic carbocycles. The van der Waals surface area contributed by atoms with Crippen LogP contribution in [0.4, 0.5) is 0 Å². The molecule has 1 aliphatic heterocycles. The van der Waals surface area contributed by atoms with Crippen LogP contribution in [0.5, 0.6) is 0 Å². The van der Waals surface area contributed by atoms with E-state index >= 15 is 0 Å². The van der Waals surface area contributed by atoms with Gasteiger partial charge in [-0.05, 0) is 110 Å². The van der Waals surface area contributed by atoms with Crippen molar-refractivity contribution in [1.82, 2.24) is 5.32 Å². The fourth-order valence-electron chi connectivity index (χ4n) is 8.83. The van der Waals surface area contributed by atoms with Crippen LogP contribution in [-0.4, -0.2) is 13.1 Å². The summed E-state index contributed by atoms with van der Waals surface area (Å²) in [7, 11) is 0. The summed E-state index contributed by atoms with van der Waals surface area (Å²) >= 11 is 0. The fraction of sp³-hybridized carbons (Fsp3) is 0.545. The summed E-state index contributed by atoms with van der Waals surface area (Å²) in [6.45, 7) is 13.7. The van der Waals surface area contributed by atoms with Crippen molar-refractivity contribution in [2.45, 2.75) is 64.7 Å². The molecule has 3 nitrogen and oxygen atoms in total. The zero-order chi connectivity index (χ0) is 25.3. The summed E-state index contributed by atoms with van der Waals surface area (Å²) < 4.78 is 0. The molecule has 4 aliphatic rings. The van der Waals surface area contributed by atoms with Crippen molar-refractivity contribution in [3.05, 3.63) is 77.5 Å². The Morgan fingerprint density at radius 2 is 1.92 bits per heavy atom. The number of nitrogens with zero attached hydrogens (tertiary/aromatic N) is 1. The maximum absolute atomic E-state index is 9.32. The van der Waals surface area contributed by atoms with Gasteiger partial charge in [-0.1, -0.05) is 73.7 Å². The summed E-state index contributed by atoms with van der Waals surface area (Å²) in [4.78, 5) is 0. The van der Waals surface area contributed by atoms with Crippen molar-refractivity contribution in [2.75, 3.05) is 13.1 Å². The summed E-state index contributed by atoms with van der Waals surface area (Å²) in [5, 5.41) is 12.9. The van der Waals surface area contributed by atoms with Crippen molar-refractivity contribution in [1.29, 1.82) is 5.26 Å². The molecule has 2 bridgehead atoms. The number of allylic oxidation sites excluding steroid dienone is 5. The van der Waals surface area contributed by atoms with E-state index in [-0.39, 0.29) is 10.8 Å². The number of hydrogen-bond donors (Lipinski definition) is 2. The van der Waals surface area contributed by atoms with Gasteiger partial charge in [0, 0.05) is 5.70 Å². The highest BCUT2D eigenvalue weighted by Gasteiger charge is 2.66. The van der Waals surface area contributed by atoms with E-state index in [9.17, 15) is 5.26 Å². The summed E-state index contributed by atoms with van der Waals surface area (Å²) in [6.07, 6.45) is 14.2. The van der Waals surface area contributed by atoms with Gasteiger partial charge in [0.1, 0.15) is 0 Å². The van der Waals surface area contributed by atoms with E-state index in [2.05, 4.69) is 74.0 Å². The van der Waals surface area contributed by atoms with Crippen LogP contribution in [0.1, 0.15) is 70.3 Å². The maximum atomic E-state index is 9.32. The molecule has 1 heterocycles. The molecule has 1 saturated heterocycles. The number of hydrogen-bond acceptors (Lipinski definition) is 3. The minimum absolute atomic E-state index is 0.247. The van der Waals surface area contributed by atoms with E-state index in [1.807, 2.05) is 0 Å². The van der Waals surface area contributed by atoms with Gasteiger partial charge in [0.05, 0.1) is 12.5 Å². The molecule has 3 heteroatoms. The molecule has 0 amide bonds. The number of rotatable bonds is 8. The Hall–Kier alpha value is -2.57. The largest absolute Gasteiger partial charge is 0.402 e. The second-order valence-electron chi connectivity index (χ2n) is 12.4. The maximum Gasteiger partial charge on any atom is 0.0666 e. The highest BCUT2D eigenvalue weighted by atomic mass is 14.9. The predicted molar refractivity (Wildman–Crippen MR) is 150 cm³/mol. The van der Waals surface area contributed by atoms with Gasteiger partial charge in [0.2, 0.25) is 0 Å². The number of benzene rings is 1. The van der Waals surface area contributed by atoms with Crippen LogP contribution >= 0.6 is 0 Å². The lowest BCUT2D eigenvalue weighted by Crippen LogP contribution is -2.48. The minimum Gasteiger partial charge on any atom is -0.402 e. The molecule has 2 saturated carbocycles. The number of nitrogens with two attached hydrogens (primary N) is 1. The van der Waals surface area contributed by atoms with Crippen molar-refractivity contribution in [2.24, 2.45) is 40.2 Å². The lowest BCUT2D eigenvalue weighted by molar-refractivity contribution is 0.0122. The van der Waals surface area contributed by atoms with Gasteiger partial charge >= 0.3 is 0 Å². The molecule has 0 aromatic heterocycles. The standard InChI is InChI=1S/C33H43N3/c1-23(9-10-25-7-5-4-6-8-25)20-29-31-28(11-12-30(31)35)32(3)22-33(29,26-14-17-36-18-15-26)21-27(32)19-24(2)13-16-34/h4-10,26-29,36H,1-2,11-15,17-22,35H2,3H3/b10-9+. The van der Waals surface area contributed by atoms with Gasteiger partial charge in [0.25, 0.3) is 0 Å². The summed E-state index contributed by atoms with van der Waals surface area (Å²) in [5.74, 6) is 2.33. The molecule has 36 heavy (non-hydrogen) atoms. The van der Waals surface area contributed by atoms with Crippen LogP contribution in [0, 0.1) is 45.8 Å².